The van der Waals surface area contributed by atoms with Crippen LogP contribution in [-0.2, 0) is 6.61 Å². The van der Waals surface area contributed by atoms with Gasteiger partial charge in [0.2, 0.25) is 0 Å². The van der Waals surface area contributed by atoms with Crippen molar-refractivity contribution < 1.29 is 5.11 Å². The minimum absolute atomic E-state index is 0.0979. The highest BCUT2D eigenvalue weighted by Gasteiger charge is 2.12. The van der Waals surface area contributed by atoms with E-state index in [2.05, 4.69) is 33.0 Å². The van der Waals surface area contributed by atoms with Gasteiger partial charge in [0.25, 0.3) is 0 Å². The maximum absolute atomic E-state index is 9.07. The summed E-state index contributed by atoms with van der Waals surface area (Å²) in [4.78, 5) is 0. The predicted octanol–water partition coefficient (Wildman–Crippen LogP) is 3.51. The predicted molar refractivity (Wildman–Crippen MR) is 77.7 cm³/mol. The maximum atomic E-state index is 9.07. The molecule has 0 aromatic heterocycles. The summed E-state index contributed by atoms with van der Waals surface area (Å²) in [6, 6.07) is 8.36. The summed E-state index contributed by atoms with van der Waals surface area (Å²) in [5, 5.41) is 12.5. The SMILES string of the molecule is CC(CSC(C)(C)C)Nc1cccc(CO)c1. The lowest BCUT2D eigenvalue weighted by Gasteiger charge is -2.22. The van der Waals surface area contributed by atoms with Crippen molar-refractivity contribution in [3.8, 4) is 0 Å². The van der Waals surface area contributed by atoms with Crippen LogP contribution in [0.25, 0.3) is 0 Å². The van der Waals surface area contributed by atoms with Crippen LogP contribution in [0.2, 0.25) is 0 Å². The zero-order valence-electron chi connectivity index (χ0n) is 11.2. The third-order valence-corrected chi connectivity index (χ3v) is 3.82. The van der Waals surface area contributed by atoms with Gasteiger partial charge in [-0.3, -0.25) is 0 Å². The van der Waals surface area contributed by atoms with Crippen LogP contribution in [0.15, 0.2) is 24.3 Å². The molecule has 96 valence electrons. The van der Waals surface area contributed by atoms with Crippen LogP contribution in [0, 0.1) is 0 Å². The van der Waals surface area contributed by atoms with Crippen LogP contribution in [-0.4, -0.2) is 21.6 Å². The fourth-order valence-electron chi connectivity index (χ4n) is 1.46. The molecule has 3 heteroatoms. The zero-order chi connectivity index (χ0) is 12.9. The summed E-state index contributed by atoms with van der Waals surface area (Å²) in [5.74, 6) is 1.08. The molecule has 0 radical (unpaired) electrons. The molecule has 0 heterocycles. The van der Waals surface area contributed by atoms with Gasteiger partial charge < -0.3 is 10.4 Å². The zero-order valence-corrected chi connectivity index (χ0v) is 12.0. The molecule has 0 saturated heterocycles. The number of hydrogen-bond acceptors (Lipinski definition) is 3. The summed E-state index contributed by atoms with van der Waals surface area (Å²) >= 11 is 1.96. The van der Waals surface area contributed by atoms with Crippen LogP contribution in [0.1, 0.15) is 33.3 Å². The number of aliphatic hydroxyl groups excluding tert-OH is 1. The summed E-state index contributed by atoms with van der Waals surface area (Å²) in [6.07, 6.45) is 0. The van der Waals surface area contributed by atoms with Crippen molar-refractivity contribution in [3.63, 3.8) is 0 Å². The smallest absolute Gasteiger partial charge is 0.0682 e. The minimum Gasteiger partial charge on any atom is -0.392 e. The number of benzene rings is 1. The highest BCUT2D eigenvalue weighted by Crippen LogP contribution is 2.24. The second kappa shape index (κ2) is 6.31. The Bertz CT molecular complexity index is 346. The van der Waals surface area contributed by atoms with E-state index in [1.807, 2.05) is 36.0 Å². The van der Waals surface area contributed by atoms with E-state index in [1.54, 1.807) is 0 Å². The van der Waals surface area contributed by atoms with Crippen LogP contribution in [0.5, 0.6) is 0 Å². The highest BCUT2D eigenvalue weighted by molar-refractivity contribution is 8.00. The van der Waals surface area contributed by atoms with Gasteiger partial charge in [0, 0.05) is 22.2 Å². The average Bonchev–Trinajstić information content (AvgIpc) is 2.26. The first kappa shape index (κ1) is 14.4. The average molecular weight is 253 g/mol. The van der Waals surface area contributed by atoms with E-state index < -0.39 is 0 Å². The number of anilines is 1. The van der Waals surface area contributed by atoms with Crippen LogP contribution >= 0.6 is 11.8 Å². The Kier molecular flexibility index (Phi) is 5.34. The Hall–Kier alpha value is -0.670. The Morgan fingerprint density at radius 1 is 1.35 bits per heavy atom. The maximum Gasteiger partial charge on any atom is 0.0682 e. The number of hydrogen-bond donors (Lipinski definition) is 2. The second-order valence-electron chi connectivity index (χ2n) is 5.33. The van der Waals surface area contributed by atoms with Gasteiger partial charge in [-0.15, -0.1) is 0 Å². The largest absolute Gasteiger partial charge is 0.392 e. The molecule has 17 heavy (non-hydrogen) atoms. The molecule has 1 aromatic carbocycles. The molecule has 1 aromatic rings. The van der Waals surface area contributed by atoms with Gasteiger partial charge in [-0.05, 0) is 24.6 Å². The van der Waals surface area contributed by atoms with E-state index in [4.69, 9.17) is 5.11 Å². The summed E-state index contributed by atoms with van der Waals surface area (Å²) in [5.41, 5.74) is 2.03. The van der Waals surface area contributed by atoms with Crippen LogP contribution in [0.4, 0.5) is 5.69 Å². The first-order chi connectivity index (χ1) is 7.90. The molecular formula is C14H23NOS. The summed E-state index contributed by atoms with van der Waals surface area (Å²) in [6.45, 7) is 8.98. The van der Waals surface area contributed by atoms with Gasteiger partial charge >= 0.3 is 0 Å². The molecule has 1 rings (SSSR count). The second-order valence-corrected chi connectivity index (χ2v) is 7.17. The topological polar surface area (TPSA) is 32.3 Å². The Morgan fingerprint density at radius 3 is 2.65 bits per heavy atom. The van der Waals surface area contributed by atoms with Crippen molar-refractivity contribution >= 4 is 17.4 Å². The molecule has 1 unspecified atom stereocenters. The lowest BCUT2D eigenvalue weighted by molar-refractivity contribution is 0.282. The van der Waals surface area contributed by atoms with Gasteiger partial charge in [-0.25, -0.2) is 0 Å². The molecule has 0 fully saturated rings. The third kappa shape index (κ3) is 5.99. The molecule has 2 nitrogen and oxygen atoms in total. The molecule has 0 bridgehead atoms. The molecule has 0 aliphatic carbocycles. The molecule has 0 amide bonds. The van der Waals surface area contributed by atoms with Crippen molar-refractivity contribution in [2.24, 2.45) is 0 Å². The van der Waals surface area contributed by atoms with Gasteiger partial charge in [-0.1, -0.05) is 32.9 Å². The van der Waals surface area contributed by atoms with Crippen molar-refractivity contribution in [3.05, 3.63) is 29.8 Å². The summed E-state index contributed by atoms with van der Waals surface area (Å²) in [7, 11) is 0. The first-order valence-corrected chi connectivity index (χ1v) is 6.99. The standard InChI is InChI=1S/C14H23NOS/c1-11(10-17-14(2,3)4)15-13-7-5-6-12(8-13)9-16/h5-8,11,15-16H,9-10H2,1-4H3. The first-order valence-electron chi connectivity index (χ1n) is 6.01. The molecule has 0 aliphatic heterocycles. The van der Waals surface area contributed by atoms with E-state index in [0.717, 1.165) is 17.0 Å². The van der Waals surface area contributed by atoms with E-state index in [9.17, 15) is 0 Å². The van der Waals surface area contributed by atoms with Crippen molar-refractivity contribution in [2.75, 3.05) is 11.1 Å². The lowest BCUT2D eigenvalue weighted by atomic mass is 10.2. The Labute approximate surface area is 109 Å². The Balaban J connectivity index is 2.47. The summed E-state index contributed by atoms with van der Waals surface area (Å²) < 4.78 is 0.308. The number of aliphatic hydroxyl groups is 1. The van der Waals surface area contributed by atoms with Crippen molar-refractivity contribution in [1.82, 2.24) is 0 Å². The molecule has 0 aliphatic rings. The normalized spacial score (nSPS) is 13.5. The monoisotopic (exact) mass is 253 g/mol. The number of nitrogens with one attached hydrogen (secondary N) is 1. The quantitative estimate of drug-likeness (QED) is 0.842. The van der Waals surface area contributed by atoms with Crippen molar-refractivity contribution in [2.45, 2.75) is 45.1 Å². The van der Waals surface area contributed by atoms with Gasteiger partial charge in [0.05, 0.1) is 6.61 Å². The molecular weight excluding hydrogens is 230 g/mol. The van der Waals surface area contributed by atoms with Crippen LogP contribution in [0.3, 0.4) is 0 Å². The number of rotatable bonds is 5. The van der Waals surface area contributed by atoms with Gasteiger partial charge in [-0.2, -0.15) is 11.8 Å². The number of thioether (sulfide) groups is 1. The molecule has 0 saturated carbocycles. The molecule has 2 N–H and O–H groups in total. The van der Waals surface area contributed by atoms with Crippen LogP contribution < -0.4 is 5.32 Å². The molecule has 0 spiro atoms. The van der Waals surface area contributed by atoms with Crippen molar-refractivity contribution in [1.29, 1.82) is 0 Å². The van der Waals surface area contributed by atoms with E-state index >= 15 is 0 Å². The van der Waals surface area contributed by atoms with Gasteiger partial charge in [0.1, 0.15) is 0 Å². The Morgan fingerprint density at radius 2 is 2.06 bits per heavy atom. The fraction of sp³-hybridized carbons (Fsp3) is 0.571. The fourth-order valence-corrected chi connectivity index (χ4v) is 2.29. The van der Waals surface area contributed by atoms with E-state index in [1.165, 1.54) is 0 Å². The minimum atomic E-state index is 0.0979. The van der Waals surface area contributed by atoms with Gasteiger partial charge in [0.15, 0.2) is 0 Å². The third-order valence-electron chi connectivity index (χ3n) is 2.29. The van der Waals surface area contributed by atoms with E-state index in [0.29, 0.717) is 10.8 Å². The highest BCUT2D eigenvalue weighted by atomic mass is 32.2. The lowest BCUT2D eigenvalue weighted by Crippen LogP contribution is -2.21. The molecule has 1 atom stereocenters. The van der Waals surface area contributed by atoms with E-state index in [-0.39, 0.29) is 6.61 Å².